The van der Waals surface area contributed by atoms with Crippen molar-refractivity contribution in [2.45, 2.75) is 17.7 Å². The molecule has 1 heterocycles. The maximum Gasteiger partial charge on any atom is 0.261 e. The molecule has 2 amide bonds. The first-order valence-electron chi connectivity index (χ1n) is 11.2. The lowest BCUT2D eigenvalue weighted by Crippen LogP contribution is -2.38. The number of nitrogens with zero attached hydrogens (tertiary/aromatic N) is 1. The summed E-state index contributed by atoms with van der Waals surface area (Å²) in [5.41, 5.74) is 1.06. The second kappa shape index (κ2) is 10.5. The molecular formula is C26H25N3O5S. The number of rotatable bonds is 8. The molecule has 0 bridgehead atoms. The summed E-state index contributed by atoms with van der Waals surface area (Å²) >= 11 is 0. The number of ketones is 1. The lowest BCUT2D eigenvalue weighted by atomic mass is 10.0. The molecule has 8 nitrogen and oxygen atoms in total. The van der Waals surface area contributed by atoms with E-state index < -0.39 is 15.9 Å². The summed E-state index contributed by atoms with van der Waals surface area (Å²) < 4.78 is 28.4. The number of nitrogens with one attached hydrogen (secondary N) is 2. The third kappa shape index (κ3) is 5.75. The molecular weight excluding hydrogens is 466 g/mol. The highest BCUT2D eigenvalue weighted by atomic mass is 32.2. The number of carbonyl (C=O) groups is 3. The number of benzene rings is 3. The second-order valence-electron chi connectivity index (χ2n) is 8.14. The number of anilines is 1. The molecule has 0 radical (unpaired) electrons. The van der Waals surface area contributed by atoms with Gasteiger partial charge in [-0.2, -0.15) is 0 Å². The Hall–Kier alpha value is -3.98. The first-order valence-corrected chi connectivity index (χ1v) is 12.7. The van der Waals surface area contributed by atoms with Gasteiger partial charge in [0.25, 0.3) is 15.9 Å². The fourth-order valence-electron chi connectivity index (χ4n) is 3.84. The van der Waals surface area contributed by atoms with Crippen LogP contribution < -0.4 is 10.0 Å². The molecule has 1 aliphatic heterocycles. The van der Waals surface area contributed by atoms with Crippen LogP contribution in [0.25, 0.3) is 0 Å². The van der Waals surface area contributed by atoms with Gasteiger partial charge in [0.1, 0.15) is 0 Å². The first-order chi connectivity index (χ1) is 16.8. The molecule has 3 aromatic carbocycles. The summed E-state index contributed by atoms with van der Waals surface area (Å²) in [5, 5.41) is 2.58. The first kappa shape index (κ1) is 24.2. The fraction of sp³-hybridized carbons (Fsp3) is 0.192. The molecule has 0 aliphatic carbocycles. The van der Waals surface area contributed by atoms with E-state index in [1.165, 1.54) is 30.3 Å². The van der Waals surface area contributed by atoms with Crippen molar-refractivity contribution in [3.8, 4) is 0 Å². The van der Waals surface area contributed by atoms with Gasteiger partial charge < -0.3 is 10.2 Å². The van der Waals surface area contributed by atoms with Gasteiger partial charge in [-0.25, -0.2) is 8.42 Å². The zero-order valence-corrected chi connectivity index (χ0v) is 19.8. The van der Waals surface area contributed by atoms with Crippen molar-refractivity contribution in [2.75, 3.05) is 24.4 Å². The van der Waals surface area contributed by atoms with Crippen LogP contribution in [0, 0.1) is 0 Å². The standard InChI is InChI=1S/C26H25N3O5S/c30-24(29-16-6-7-17-29)18-27-26(32)20-12-14-21(15-13-20)35(33,34)28-23-11-5-4-10-22(23)25(31)19-8-2-1-3-9-19/h1-5,8-15,28H,6-7,16-18H2,(H,27,32). The third-order valence-electron chi connectivity index (χ3n) is 5.74. The predicted octanol–water partition coefficient (Wildman–Crippen LogP) is 3.07. The molecule has 0 atom stereocenters. The molecule has 35 heavy (non-hydrogen) atoms. The Morgan fingerprint density at radius 3 is 2.09 bits per heavy atom. The fourth-order valence-corrected chi connectivity index (χ4v) is 4.92. The Kier molecular flexibility index (Phi) is 7.26. The molecule has 180 valence electrons. The number of para-hydroxylation sites is 1. The van der Waals surface area contributed by atoms with Crippen LogP contribution in [-0.2, 0) is 14.8 Å². The highest BCUT2D eigenvalue weighted by Crippen LogP contribution is 2.23. The number of sulfonamides is 1. The molecule has 0 spiro atoms. The third-order valence-corrected chi connectivity index (χ3v) is 7.12. The van der Waals surface area contributed by atoms with Crippen molar-refractivity contribution in [2.24, 2.45) is 0 Å². The van der Waals surface area contributed by atoms with Crippen LogP contribution in [0.2, 0.25) is 0 Å². The van der Waals surface area contributed by atoms with Gasteiger partial charge in [-0.1, -0.05) is 42.5 Å². The highest BCUT2D eigenvalue weighted by molar-refractivity contribution is 7.92. The van der Waals surface area contributed by atoms with Crippen molar-refractivity contribution in [3.05, 3.63) is 95.6 Å². The van der Waals surface area contributed by atoms with Crippen LogP contribution in [0.15, 0.2) is 83.8 Å². The molecule has 4 rings (SSSR count). The number of hydrogen-bond acceptors (Lipinski definition) is 5. The van der Waals surface area contributed by atoms with Gasteiger partial charge in [0.05, 0.1) is 17.1 Å². The van der Waals surface area contributed by atoms with Crippen molar-refractivity contribution >= 4 is 33.3 Å². The summed E-state index contributed by atoms with van der Waals surface area (Å²) in [6.07, 6.45) is 1.93. The molecule has 2 N–H and O–H groups in total. The molecule has 1 saturated heterocycles. The molecule has 3 aromatic rings. The van der Waals surface area contributed by atoms with Crippen LogP contribution in [-0.4, -0.2) is 50.5 Å². The Balaban J connectivity index is 1.45. The maximum atomic E-state index is 13.0. The number of carbonyl (C=O) groups excluding carboxylic acids is 3. The van der Waals surface area contributed by atoms with Crippen molar-refractivity contribution < 1.29 is 22.8 Å². The highest BCUT2D eigenvalue weighted by Gasteiger charge is 2.21. The molecule has 0 aromatic heterocycles. The van der Waals surface area contributed by atoms with E-state index in [9.17, 15) is 22.8 Å². The SMILES string of the molecule is O=C(NCC(=O)N1CCCC1)c1ccc(S(=O)(=O)Nc2ccccc2C(=O)c2ccccc2)cc1. The molecule has 1 fully saturated rings. The van der Waals surface area contributed by atoms with Crippen molar-refractivity contribution in [1.82, 2.24) is 10.2 Å². The van der Waals surface area contributed by atoms with Crippen LogP contribution in [0.4, 0.5) is 5.69 Å². The van der Waals surface area contributed by atoms with E-state index in [0.717, 1.165) is 12.8 Å². The maximum absolute atomic E-state index is 13.0. The van der Waals surface area contributed by atoms with Crippen molar-refractivity contribution in [3.63, 3.8) is 0 Å². The van der Waals surface area contributed by atoms with Crippen molar-refractivity contribution in [1.29, 1.82) is 0 Å². The van der Waals surface area contributed by atoms with Crippen LogP contribution in [0.1, 0.15) is 39.1 Å². The minimum absolute atomic E-state index is 0.0656. The van der Waals surface area contributed by atoms with Gasteiger partial charge in [-0.05, 0) is 49.2 Å². The summed E-state index contributed by atoms with van der Waals surface area (Å²) in [5.74, 6) is -0.907. The monoisotopic (exact) mass is 491 g/mol. The van der Waals surface area contributed by atoms with Crippen LogP contribution in [0.3, 0.4) is 0 Å². The minimum Gasteiger partial charge on any atom is -0.343 e. The molecule has 0 saturated carbocycles. The minimum atomic E-state index is -4.03. The van der Waals surface area contributed by atoms with E-state index in [2.05, 4.69) is 10.0 Å². The summed E-state index contributed by atoms with van der Waals surface area (Å²) in [6, 6.07) is 20.3. The Labute approximate surface area is 204 Å². The normalized spacial score (nSPS) is 13.3. The zero-order valence-electron chi connectivity index (χ0n) is 18.9. The van der Waals surface area contributed by atoms with Gasteiger partial charge in [-0.15, -0.1) is 0 Å². The summed E-state index contributed by atoms with van der Waals surface area (Å²) in [4.78, 5) is 39.0. The van der Waals surface area contributed by atoms with E-state index in [0.29, 0.717) is 18.7 Å². The number of hydrogen-bond donors (Lipinski definition) is 2. The van der Waals surface area contributed by atoms with Gasteiger partial charge in [-0.3, -0.25) is 19.1 Å². The zero-order chi connectivity index (χ0) is 24.8. The largest absolute Gasteiger partial charge is 0.343 e. The lowest BCUT2D eigenvalue weighted by Gasteiger charge is -2.15. The number of amides is 2. The Morgan fingerprint density at radius 1 is 0.771 bits per heavy atom. The lowest BCUT2D eigenvalue weighted by molar-refractivity contribution is -0.129. The Morgan fingerprint density at radius 2 is 1.40 bits per heavy atom. The van der Waals surface area contributed by atoms with E-state index in [1.54, 1.807) is 53.4 Å². The second-order valence-corrected chi connectivity index (χ2v) is 9.82. The quantitative estimate of drug-likeness (QED) is 0.470. The van der Waals surface area contributed by atoms with Crippen LogP contribution >= 0.6 is 0 Å². The van der Waals surface area contributed by atoms with Gasteiger partial charge in [0.2, 0.25) is 5.91 Å². The van der Waals surface area contributed by atoms with E-state index in [-0.39, 0.29) is 39.9 Å². The topological polar surface area (TPSA) is 113 Å². The average molecular weight is 492 g/mol. The smallest absolute Gasteiger partial charge is 0.261 e. The molecule has 0 unspecified atom stereocenters. The average Bonchev–Trinajstić information content (AvgIpc) is 3.43. The molecule has 1 aliphatic rings. The predicted molar refractivity (Wildman–Crippen MR) is 132 cm³/mol. The van der Waals surface area contributed by atoms with Gasteiger partial charge in [0, 0.05) is 29.8 Å². The summed E-state index contributed by atoms with van der Waals surface area (Å²) in [6.45, 7) is 1.30. The van der Waals surface area contributed by atoms with Gasteiger partial charge in [0.15, 0.2) is 5.78 Å². The summed E-state index contributed by atoms with van der Waals surface area (Å²) in [7, 11) is -4.03. The van der Waals surface area contributed by atoms with Gasteiger partial charge >= 0.3 is 0 Å². The van der Waals surface area contributed by atoms with E-state index >= 15 is 0 Å². The number of likely N-dealkylation sites (tertiary alicyclic amines) is 1. The van der Waals surface area contributed by atoms with E-state index in [4.69, 9.17) is 0 Å². The van der Waals surface area contributed by atoms with Crippen LogP contribution in [0.5, 0.6) is 0 Å². The van der Waals surface area contributed by atoms with E-state index in [1.807, 2.05) is 0 Å². The Bertz CT molecular complexity index is 1330. The molecule has 9 heteroatoms.